The molecule has 4 nitrogen and oxygen atoms in total. The largest absolute Gasteiger partial charge is 0.310 e. The summed E-state index contributed by atoms with van der Waals surface area (Å²) in [6.45, 7) is 0.738. The first-order chi connectivity index (χ1) is 9.50. The van der Waals surface area contributed by atoms with Crippen molar-refractivity contribution in [2.24, 2.45) is 0 Å². The zero-order valence-electron chi connectivity index (χ0n) is 12.3. The average Bonchev–Trinajstić information content (AvgIpc) is 2.46. The fourth-order valence-electron chi connectivity index (χ4n) is 2.60. The fourth-order valence-corrected chi connectivity index (χ4v) is 3.57. The second-order valence-corrected chi connectivity index (χ2v) is 7.80. The number of hydrogen-bond acceptors (Lipinski definition) is 3. The van der Waals surface area contributed by atoms with Gasteiger partial charge in [0.15, 0.2) is 0 Å². The van der Waals surface area contributed by atoms with Gasteiger partial charge in [-0.05, 0) is 30.5 Å². The van der Waals surface area contributed by atoms with Gasteiger partial charge in [-0.1, -0.05) is 31.4 Å². The molecule has 0 aliphatic heterocycles. The maximum absolute atomic E-state index is 12.1. The SMILES string of the molecule is CN(C)S(=O)(=O)c1cccc(CNC2CCCCC2)c1. The van der Waals surface area contributed by atoms with Gasteiger partial charge < -0.3 is 5.32 Å². The van der Waals surface area contributed by atoms with Crippen LogP contribution in [0.4, 0.5) is 0 Å². The molecule has 0 radical (unpaired) electrons. The van der Waals surface area contributed by atoms with Crippen molar-refractivity contribution in [2.75, 3.05) is 14.1 Å². The molecule has 0 heterocycles. The van der Waals surface area contributed by atoms with Crippen LogP contribution in [-0.2, 0) is 16.6 Å². The molecule has 5 heteroatoms. The lowest BCUT2D eigenvalue weighted by atomic mass is 9.95. The monoisotopic (exact) mass is 296 g/mol. The predicted octanol–water partition coefficient (Wildman–Crippen LogP) is 2.36. The van der Waals surface area contributed by atoms with Crippen LogP contribution in [0.1, 0.15) is 37.7 Å². The summed E-state index contributed by atoms with van der Waals surface area (Å²) in [4.78, 5) is 0.366. The summed E-state index contributed by atoms with van der Waals surface area (Å²) in [5.74, 6) is 0. The van der Waals surface area contributed by atoms with Crippen molar-refractivity contribution in [3.05, 3.63) is 29.8 Å². The molecule has 1 aliphatic carbocycles. The summed E-state index contributed by atoms with van der Waals surface area (Å²) >= 11 is 0. The number of hydrogen-bond donors (Lipinski definition) is 1. The van der Waals surface area contributed by atoms with Crippen molar-refractivity contribution in [1.29, 1.82) is 0 Å². The van der Waals surface area contributed by atoms with Crippen LogP contribution in [0.5, 0.6) is 0 Å². The Kier molecular flexibility index (Phi) is 5.18. The highest BCUT2D eigenvalue weighted by Gasteiger charge is 2.17. The van der Waals surface area contributed by atoms with Gasteiger partial charge in [0, 0.05) is 26.7 Å². The van der Waals surface area contributed by atoms with E-state index in [2.05, 4.69) is 5.32 Å². The minimum atomic E-state index is -3.34. The highest BCUT2D eigenvalue weighted by molar-refractivity contribution is 7.89. The number of nitrogens with zero attached hydrogens (tertiary/aromatic N) is 1. The summed E-state index contributed by atoms with van der Waals surface area (Å²) in [7, 11) is -0.221. The lowest BCUT2D eigenvalue weighted by molar-refractivity contribution is 0.372. The molecule has 112 valence electrons. The van der Waals surface area contributed by atoms with Crippen molar-refractivity contribution in [2.45, 2.75) is 49.6 Å². The number of rotatable bonds is 5. The van der Waals surface area contributed by atoms with Gasteiger partial charge in [0.2, 0.25) is 10.0 Å². The number of nitrogens with one attached hydrogen (secondary N) is 1. The van der Waals surface area contributed by atoms with E-state index in [-0.39, 0.29) is 0 Å². The molecule has 1 N–H and O–H groups in total. The molecule has 1 aliphatic rings. The second kappa shape index (κ2) is 6.70. The smallest absolute Gasteiger partial charge is 0.242 e. The molecule has 1 aromatic rings. The van der Waals surface area contributed by atoms with Crippen molar-refractivity contribution < 1.29 is 8.42 Å². The Hall–Kier alpha value is -0.910. The van der Waals surface area contributed by atoms with E-state index in [1.807, 2.05) is 12.1 Å². The fraction of sp³-hybridized carbons (Fsp3) is 0.600. The highest BCUT2D eigenvalue weighted by atomic mass is 32.2. The van der Waals surface area contributed by atoms with Crippen LogP contribution in [0.2, 0.25) is 0 Å². The van der Waals surface area contributed by atoms with Gasteiger partial charge in [0.05, 0.1) is 4.90 Å². The molecule has 1 fully saturated rings. The van der Waals surface area contributed by atoms with E-state index < -0.39 is 10.0 Å². The summed E-state index contributed by atoms with van der Waals surface area (Å²) in [6.07, 6.45) is 6.40. The van der Waals surface area contributed by atoms with Gasteiger partial charge in [-0.25, -0.2) is 12.7 Å². The summed E-state index contributed by atoms with van der Waals surface area (Å²) in [5, 5.41) is 3.54. The van der Waals surface area contributed by atoms with Gasteiger partial charge in [0.25, 0.3) is 0 Å². The van der Waals surface area contributed by atoms with E-state index in [9.17, 15) is 8.42 Å². The molecule has 0 amide bonds. The predicted molar refractivity (Wildman–Crippen MR) is 81.0 cm³/mol. The minimum Gasteiger partial charge on any atom is -0.310 e. The van der Waals surface area contributed by atoms with Gasteiger partial charge >= 0.3 is 0 Å². The lowest BCUT2D eigenvalue weighted by Crippen LogP contribution is -2.30. The van der Waals surface area contributed by atoms with Gasteiger partial charge in [-0.2, -0.15) is 0 Å². The van der Waals surface area contributed by atoms with Crippen LogP contribution in [0, 0.1) is 0 Å². The number of sulfonamides is 1. The zero-order valence-corrected chi connectivity index (χ0v) is 13.1. The summed E-state index contributed by atoms with van der Waals surface area (Å²) < 4.78 is 25.4. The molecule has 1 aromatic carbocycles. The third-order valence-corrected chi connectivity index (χ3v) is 5.69. The number of benzene rings is 1. The maximum atomic E-state index is 12.1. The second-order valence-electron chi connectivity index (χ2n) is 5.65. The third kappa shape index (κ3) is 3.81. The highest BCUT2D eigenvalue weighted by Crippen LogP contribution is 2.19. The van der Waals surface area contributed by atoms with Gasteiger partial charge in [0.1, 0.15) is 0 Å². The van der Waals surface area contributed by atoms with Crippen LogP contribution >= 0.6 is 0 Å². The van der Waals surface area contributed by atoms with Gasteiger partial charge in [-0.15, -0.1) is 0 Å². The molecular formula is C15H24N2O2S. The zero-order chi connectivity index (χ0) is 14.6. The normalized spacial score (nSPS) is 17.6. The Balaban J connectivity index is 2.02. The molecule has 20 heavy (non-hydrogen) atoms. The summed E-state index contributed by atoms with van der Waals surface area (Å²) in [6, 6.07) is 7.79. The summed E-state index contributed by atoms with van der Waals surface area (Å²) in [5.41, 5.74) is 1.03. The molecule has 0 aromatic heterocycles. The molecule has 0 bridgehead atoms. The van der Waals surface area contributed by atoms with E-state index in [0.29, 0.717) is 10.9 Å². The Morgan fingerprint density at radius 2 is 1.90 bits per heavy atom. The van der Waals surface area contributed by atoms with E-state index in [0.717, 1.165) is 12.1 Å². The van der Waals surface area contributed by atoms with Crippen LogP contribution in [0.25, 0.3) is 0 Å². The minimum absolute atomic E-state index is 0.366. The molecule has 0 atom stereocenters. The molecule has 1 saturated carbocycles. The first-order valence-corrected chi connectivity index (χ1v) is 8.69. The van der Waals surface area contributed by atoms with E-state index in [1.54, 1.807) is 26.2 Å². The molecule has 0 saturated heterocycles. The molecular weight excluding hydrogens is 272 g/mol. The first-order valence-electron chi connectivity index (χ1n) is 7.25. The Labute approximate surface area is 122 Å². The average molecular weight is 296 g/mol. The topological polar surface area (TPSA) is 49.4 Å². The van der Waals surface area contributed by atoms with E-state index in [1.165, 1.54) is 36.4 Å². The molecule has 2 rings (SSSR count). The quantitative estimate of drug-likeness (QED) is 0.907. The standard InChI is InChI=1S/C15H24N2O2S/c1-17(2)20(18,19)15-10-6-7-13(11-15)12-16-14-8-4-3-5-9-14/h6-7,10-11,14,16H,3-5,8-9,12H2,1-2H3. The van der Waals surface area contributed by atoms with Gasteiger partial charge in [-0.3, -0.25) is 0 Å². The van der Waals surface area contributed by atoms with Crippen molar-refractivity contribution in [3.63, 3.8) is 0 Å². The third-order valence-electron chi connectivity index (χ3n) is 3.88. The van der Waals surface area contributed by atoms with Crippen LogP contribution in [0.15, 0.2) is 29.2 Å². The van der Waals surface area contributed by atoms with E-state index in [4.69, 9.17) is 0 Å². The van der Waals surface area contributed by atoms with Crippen LogP contribution < -0.4 is 5.32 Å². The first kappa shape index (κ1) is 15.5. The van der Waals surface area contributed by atoms with Crippen molar-refractivity contribution in [3.8, 4) is 0 Å². The van der Waals surface area contributed by atoms with Crippen LogP contribution in [0.3, 0.4) is 0 Å². The molecule has 0 spiro atoms. The van der Waals surface area contributed by atoms with Crippen molar-refractivity contribution in [1.82, 2.24) is 9.62 Å². The maximum Gasteiger partial charge on any atom is 0.242 e. The lowest BCUT2D eigenvalue weighted by Gasteiger charge is -2.23. The Morgan fingerprint density at radius 3 is 2.55 bits per heavy atom. The molecule has 0 unspecified atom stereocenters. The van der Waals surface area contributed by atoms with Crippen molar-refractivity contribution >= 4 is 10.0 Å². The van der Waals surface area contributed by atoms with Crippen LogP contribution in [-0.4, -0.2) is 32.9 Å². The Bertz CT molecular complexity index is 535. The Morgan fingerprint density at radius 1 is 1.20 bits per heavy atom. The van der Waals surface area contributed by atoms with E-state index >= 15 is 0 Å².